The summed E-state index contributed by atoms with van der Waals surface area (Å²) >= 11 is 0. The van der Waals surface area contributed by atoms with Crippen molar-refractivity contribution in [2.24, 2.45) is 5.92 Å². The number of ether oxygens (including phenoxy) is 1. The molecule has 2 rings (SSSR count). The largest absolute Gasteiger partial charge is 0.492 e. The number of aromatic nitrogens is 2. The number of nitriles is 1. The van der Waals surface area contributed by atoms with Gasteiger partial charge in [0.1, 0.15) is 23.2 Å². The summed E-state index contributed by atoms with van der Waals surface area (Å²) in [6.07, 6.45) is 0.992. The third kappa shape index (κ3) is 3.74. The maximum absolute atomic E-state index is 11.7. The van der Waals surface area contributed by atoms with Crippen molar-refractivity contribution in [3.05, 3.63) is 45.9 Å². The molecule has 0 aliphatic rings. The van der Waals surface area contributed by atoms with Gasteiger partial charge in [-0.05, 0) is 24.1 Å². The number of carbonyl (C=O) groups is 1. The van der Waals surface area contributed by atoms with Crippen molar-refractivity contribution in [3.63, 3.8) is 0 Å². The molecule has 7 heteroatoms. The Bertz CT molecular complexity index is 834. The van der Waals surface area contributed by atoms with Crippen LogP contribution in [0.2, 0.25) is 0 Å². The molecular weight excluding hydrogens is 298 g/mol. The summed E-state index contributed by atoms with van der Waals surface area (Å²) in [5.41, 5.74) is -0.382. The monoisotopic (exact) mass is 313 g/mol. The lowest BCUT2D eigenvalue weighted by atomic mass is 10.1. The highest BCUT2D eigenvalue weighted by Crippen LogP contribution is 2.24. The van der Waals surface area contributed by atoms with Crippen molar-refractivity contribution in [3.8, 4) is 23.2 Å². The zero-order valence-corrected chi connectivity index (χ0v) is 12.7. The van der Waals surface area contributed by atoms with Crippen LogP contribution < -0.4 is 10.3 Å². The van der Waals surface area contributed by atoms with Gasteiger partial charge in [0, 0.05) is 11.8 Å². The van der Waals surface area contributed by atoms with Crippen LogP contribution in [0.3, 0.4) is 0 Å². The molecule has 0 saturated carbocycles. The molecule has 0 radical (unpaired) electrons. The van der Waals surface area contributed by atoms with Crippen LogP contribution in [0.15, 0.2) is 29.2 Å². The van der Waals surface area contributed by atoms with E-state index in [2.05, 4.69) is 9.97 Å². The second kappa shape index (κ2) is 6.75. The number of nitrogens with one attached hydrogen (secondary N) is 1. The number of benzene rings is 1. The first-order valence-corrected chi connectivity index (χ1v) is 6.92. The fourth-order valence-electron chi connectivity index (χ4n) is 1.84. The molecule has 0 aliphatic carbocycles. The maximum Gasteiger partial charge on any atom is 0.342 e. The number of hydrogen-bond donors (Lipinski definition) is 2. The molecule has 23 heavy (non-hydrogen) atoms. The van der Waals surface area contributed by atoms with Crippen LogP contribution in [-0.2, 0) is 0 Å². The quantitative estimate of drug-likeness (QED) is 0.872. The third-order valence-corrected chi connectivity index (χ3v) is 2.98. The first-order valence-electron chi connectivity index (χ1n) is 6.92. The van der Waals surface area contributed by atoms with Gasteiger partial charge in [0.15, 0.2) is 0 Å². The van der Waals surface area contributed by atoms with Gasteiger partial charge in [-0.15, -0.1) is 0 Å². The molecule has 1 aromatic heterocycles. The first-order chi connectivity index (χ1) is 10.9. The van der Waals surface area contributed by atoms with Crippen LogP contribution in [0, 0.1) is 17.2 Å². The number of carboxylic acid groups (broad SMARTS) is 1. The zero-order chi connectivity index (χ0) is 17.0. The van der Waals surface area contributed by atoms with Crippen molar-refractivity contribution in [2.75, 3.05) is 6.61 Å². The molecule has 0 unspecified atom stereocenters. The summed E-state index contributed by atoms with van der Waals surface area (Å²) in [5, 5.41) is 18.1. The molecule has 0 fully saturated rings. The molecule has 0 atom stereocenters. The Morgan fingerprint density at radius 2 is 2.22 bits per heavy atom. The molecule has 1 aromatic carbocycles. The van der Waals surface area contributed by atoms with Gasteiger partial charge in [0.25, 0.3) is 5.56 Å². The number of aromatic amines is 1. The van der Waals surface area contributed by atoms with Gasteiger partial charge in [-0.3, -0.25) is 4.79 Å². The number of rotatable bonds is 5. The molecule has 0 amide bonds. The van der Waals surface area contributed by atoms with Gasteiger partial charge >= 0.3 is 5.97 Å². The average Bonchev–Trinajstić information content (AvgIpc) is 2.52. The highest BCUT2D eigenvalue weighted by atomic mass is 16.5. The van der Waals surface area contributed by atoms with Crippen LogP contribution in [0.25, 0.3) is 11.4 Å². The molecule has 0 aliphatic heterocycles. The predicted octanol–water partition coefficient (Wildman–Crippen LogP) is 2.04. The summed E-state index contributed by atoms with van der Waals surface area (Å²) in [7, 11) is 0. The minimum Gasteiger partial charge on any atom is -0.492 e. The molecule has 0 spiro atoms. The Hall–Kier alpha value is -3.14. The van der Waals surface area contributed by atoms with E-state index in [0.29, 0.717) is 29.4 Å². The molecule has 1 heterocycles. The molecule has 2 N–H and O–H groups in total. The molecule has 0 bridgehead atoms. The number of carboxylic acids is 1. The summed E-state index contributed by atoms with van der Waals surface area (Å²) in [4.78, 5) is 28.8. The molecule has 7 nitrogen and oxygen atoms in total. The smallest absolute Gasteiger partial charge is 0.342 e. The normalized spacial score (nSPS) is 10.3. The van der Waals surface area contributed by atoms with Crippen LogP contribution in [0.4, 0.5) is 0 Å². The van der Waals surface area contributed by atoms with Crippen LogP contribution in [0.1, 0.15) is 29.8 Å². The molecule has 2 aromatic rings. The summed E-state index contributed by atoms with van der Waals surface area (Å²) < 4.78 is 5.56. The van der Waals surface area contributed by atoms with E-state index < -0.39 is 17.1 Å². The van der Waals surface area contributed by atoms with Gasteiger partial charge in [-0.2, -0.15) is 5.26 Å². The predicted molar refractivity (Wildman–Crippen MR) is 82.3 cm³/mol. The van der Waals surface area contributed by atoms with Gasteiger partial charge in [0.2, 0.25) is 0 Å². The van der Waals surface area contributed by atoms with Gasteiger partial charge in [-0.1, -0.05) is 13.8 Å². The van der Waals surface area contributed by atoms with Crippen molar-refractivity contribution in [1.29, 1.82) is 5.26 Å². The Kier molecular flexibility index (Phi) is 4.76. The number of hydrogen-bond acceptors (Lipinski definition) is 5. The van der Waals surface area contributed by atoms with E-state index in [-0.39, 0.29) is 5.82 Å². The second-order valence-corrected chi connectivity index (χ2v) is 5.31. The van der Waals surface area contributed by atoms with E-state index in [0.717, 1.165) is 6.20 Å². The number of H-pyrrole nitrogens is 1. The SMILES string of the molecule is CC(C)COc1ccc(-c2ncc(C(=O)O)c(=O)[nH]2)cc1C#N. The lowest BCUT2D eigenvalue weighted by molar-refractivity contribution is 0.0694. The van der Waals surface area contributed by atoms with E-state index in [9.17, 15) is 14.9 Å². The number of aromatic carboxylic acids is 1. The van der Waals surface area contributed by atoms with Crippen molar-refractivity contribution in [1.82, 2.24) is 9.97 Å². The fraction of sp³-hybridized carbons (Fsp3) is 0.250. The van der Waals surface area contributed by atoms with E-state index in [1.165, 1.54) is 6.07 Å². The topological polar surface area (TPSA) is 116 Å². The Morgan fingerprint density at radius 3 is 2.78 bits per heavy atom. The molecule has 118 valence electrons. The lowest BCUT2D eigenvalue weighted by Crippen LogP contribution is -2.18. The number of nitrogens with zero attached hydrogens (tertiary/aromatic N) is 2. The fourth-order valence-corrected chi connectivity index (χ4v) is 1.84. The maximum atomic E-state index is 11.7. The molecular formula is C16H15N3O4. The van der Waals surface area contributed by atoms with Crippen LogP contribution in [0.5, 0.6) is 5.75 Å². The van der Waals surface area contributed by atoms with E-state index in [4.69, 9.17) is 9.84 Å². The Balaban J connectivity index is 2.38. The van der Waals surface area contributed by atoms with Gasteiger partial charge < -0.3 is 14.8 Å². The van der Waals surface area contributed by atoms with Gasteiger partial charge in [0.05, 0.1) is 12.2 Å². The average molecular weight is 313 g/mol. The highest BCUT2D eigenvalue weighted by molar-refractivity contribution is 5.86. The van der Waals surface area contributed by atoms with Crippen molar-refractivity contribution in [2.45, 2.75) is 13.8 Å². The van der Waals surface area contributed by atoms with Gasteiger partial charge in [-0.25, -0.2) is 9.78 Å². The van der Waals surface area contributed by atoms with E-state index in [1.807, 2.05) is 19.9 Å². The van der Waals surface area contributed by atoms with Crippen molar-refractivity contribution >= 4 is 5.97 Å². The van der Waals surface area contributed by atoms with E-state index >= 15 is 0 Å². The summed E-state index contributed by atoms with van der Waals surface area (Å²) in [5.74, 6) is -0.385. The summed E-state index contributed by atoms with van der Waals surface area (Å²) in [6.45, 7) is 4.48. The summed E-state index contributed by atoms with van der Waals surface area (Å²) in [6, 6.07) is 6.85. The first kappa shape index (κ1) is 16.2. The lowest BCUT2D eigenvalue weighted by Gasteiger charge is -2.11. The second-order valence-electron chi connectivity index (χ2n) is 5.31. The van der Waals surface area contributed by atoms with Crippen LogP contribution >= 0.6 is 0 Å². The van der Waals surface area contributed by atoms with Crippen LogP contribution in [-0.4, -0.2) is 27.7 Å². The minimum absolute atomic E-state index is 0.187. The standard InChI is InChI=1S/C16H15N3O4/c1-9(2)8-23-13-4-3-10(5-11(13)6-17)14-18-7-12(16(21)22)15(20)19-14/h3-5,7,9H,8H2,1-2H3,(H,21,22)(H,18,19,20). The third-order valence-electron chi connectivity index (χ3n) is 2.98. The minimum atomic E-state index is -1.35. The highest BCUT2D eigenvalue weighted by Gasteiger charge is 2.12. The zero-order valence-electron chi connectivity index (χ0n) is 12.7. The molecule has 0 saturated heterocycles. The Labute approximate surface area is 132 Å². The Morgan fingerprint density at radius 1 is 1.48 bits per heavy atom. The van der Waals surface area contributed by atoms with E-state index in [1.54, 1.807) is 12.1 Å². The van der Waals surface area contributed by atoms with Crippen molar-refractivity contribution < 1.29 is 14.6 Å².